The predicted octanol–water partition coefficient (Wildman–Crippen LogP) is 5.06. The number of benzene rings is 3. The Hall–Kier alpha value is -3.73. The van der Waals surface area contributed by atoms with E-state index in [1.807, 2.05) is 54.7 Å². The molecule has 0 saturated carbocycles. The van der Waals surface area contributed by atoms with Crippen LogP contribution in [0.1, 0.15) is 33.0 Å². The number of carbonyl (C=O) groups is 1. The average Bonchev–Trinajstić information content (AvgIpc) is 3.18. The maximum Gasteiger partial charge on any atom is 0.335 e. The van der Waals surface area contributed by atoms with E-state index in [1.54, 1.807) is 32.4 Å². The van der Waals surface area contributed by atoms with Gasteiger partial charge in [-0.3, -0.25) is 0 Å². The largest absolute Gasteiger partial charge is 0.497 e. The molecule has 0 bridgehead atoms. The molecule has 5 nitrogen and oxygen atoms in total. The SMILES string of the molecule is COc1ccc(C(c2ccc(OC)cc2)c2c[nH]c3ccc(C(=O)O)cc23)cc1. The summed E-state index contributed by atoms with van der Waals surface area (Å²) in [6, 6.07) is 21.0. The Morgan fingerprint density at radius 1 is 0.862 bits per heavy atom. The molecule has 2 N–H and O–H groups in total. The van der Waals surface area contributed by atoms with Crippen molar-refractivity contribution in [1.82, 2.24) is 4.98 Å². The molecule has 0 aliphatic heterocycles. The van der Waals surface area contributed by atoms with Crippen LogP contribution in [0.2, 0.25) is 0 Å². The first-order valence-electron chi connectivity index (χ1n) is 9.23. The number of hydrogen-bond donors (Lipinski definition) is 2. The lowest BCUT2D eigenvalue weighted by molar-refractivity contribution is 0.0697. The van der Waals surface area contributed by atoms with Crippen molar-refractivity contribution in [2.24, 2.45) is 0 Å². The minimum atomic E-state index is -0.940. The molecule has 0 amide bonds. The Labute approximate surface area is 168 Å². The van der Waals surface area contributed by atoms with Crippen LogP contribution in [0.3, 0.4) is 0 Å². The highest BCUT2D eigenvalue weighted by Gasteiger charge is 2.21. The van der Waals surface area contributed by atoms with Crippen molar-refractivity contribution >= 4 is 16.9 Å². The van der Waals surface area contributed by atoms with E-state index >= 15 is 0 Å². The average molecular weight is 387 g/mol. The van der Waals surface area contributed by atoms with Crippen LogP contribution in [0, 0.1) is 0 Å². The zero-order valence-electron chi connectivity index (χ0n) is 16.2. The first-order chi connectivity index (χ1) is 14.1. The molecule has 5 heteroatoms. The van der Waals surface area contributed by atoms with E-state index in [-0.39, 0.29) is 11.5 Å². The van der Waals surface area contributed by atoms with E-state index in [0.29, 0.717) is 0 Å². The lowest BCUT2D eigenvalue weighted by Crippen LogP contribution is -2.03. The summed E-state index contributed by atoms with van der Waals surface area (Å²) in [5.74, 6) is 0.553. The van der Waals surface area contributed by atoms with Gasteiger partial charge in [-0.2, -0.15) is 0 Å². The van der Waals surface area contributed by atoms with Gasteiger partial charge in [0.1, 0.15) is 11.5 Å². The Kier molecular flexibility index (Phi) is 4.96. The number of aromatic nitrogens is 1. The molecule has 1 aromatic heterocycles. The van der Waals surface area contributed by atoms with E-state index in [2.05, 4.69) is 4.98 Å². The van der Waals surface area contributed by atoms with Crippen LogP contribution in [-0.2, 0) is 0 Å². The number of rotatable bonds is 6. The highest BCUT2D eigenvalue weighted by molar-refractivity contribution is 5.95. The van der Waals surface area contributed by atoms with Crippen molar-refractivity contribution in [1.29, 1.82) is 0 Å². The van der Waals surface area contributed by atoms with Gasteiger partial charge in [-0.1, -0.05) is 24.3 Å². The summed E-state index contributed by atoms with van der Waals surface area (Å²) in [6.45, 7) is 0. The molecule has 0 radical (unpaired) electrons. The van der Waals surface area contributed by atoms with E-state index < -0.39 is 5.97 Å². The van der Waals surface area contributed by atoms with Crippen molar-refractivity contribution in [3.63, 3.8) is 0 Å². The number of carboxylic acid groups (broad SMARTS) is 1. The van der Waals surface area contributed by atoms with Gasteiger partial charge < -0.3 is 19.6 Å². The lowest BCUT2D eigenvalue weighted by Gasteiger charge is -2.19. The Morgan fingerprint density at radius 2 is 1.41 bits per heavy atom. The third-order valence-corrected chi connectivity index (χ3v) is 5.17. The fourth-order valence-electron chi connectivity index (χ4n) is 3.66. The van der Waals surface area contributed by atoms with E-state index in [1.165, 1.54) is 0 Å². The van der Waals surface area contributed by atoms with Gasteiger partial charge in [0.2, 0.25) is 0 Å². The highest BCUT2D eigenvalue weighted by Crippen LogP contribution is 2.37. The van der Waals surface area contributed by atoms with Crippen LogP contribution in [0.5, 0.6) is 11.5 Å². The van der Waals surface area contributed by atoms with Crippen LogP contribution in [-0.4, -0.2) is 30.3 Å². The van der Waals surface area contributed by atoms with Crippen LogP contribution in [0.15, 0.2) is 72.9 Å². The second kappa shape index (κ2) is 7.72. The summed E-state index contributed by atoms with van der Waals surface area (Å²) in [7, 11) is 3.28. The zero-order valence-corrected chi connectivity index (χ0v) is 16.2. The lowest BCUT2D eigenvalue weighted by atomic mass is 9.84. The second-order valence-electron chi connectivity index (χ2n) is 6.79. The van der Waals surface area contributed by atoms with Gasteiger partial charge >= 0.3 is 5.97 Å². The van der Waals surface area contributed by atoms with E-state index in [0.717, 1.165) is 39.1 Å². The molecule has 29 heavy (non-hydrogen) atoms. The summed E-state index contributed by atoms with van der Waals surface area (Å²) >= 11 is 0. The maximum absolute atomic E-state index is 11.5. The quantitative estimate of drug-likeness (QED) is 0.485. The van der Waals surface area contributed by atoms with Gasteiger partial charge in [0, 0.05) is 23.0 Å². The van der Waals surface area contributed by atoms with Gasteiger partial charge in [-0.05, 0) is 59.2 Å². The van der Waals surface area contributed by atoms with Crippen molar-refractivity contribution in [3.8, 4) is 11.5 Å². The molecule has 0 unspecified atom stereocenters. The van der Waals surface area contributed by atoms with Crippen LogP contribution >= 0.6 is 0 Å². The van der Waals surface area contributed by atoms with Gasteiger partial charge in [0.15, 0.2) is 0 Å². The smallest absolute Gasteiger partial charge is 0.335 e. The Morgan fingerprint density at radius 3 is 1.90 bits per heavy atom. The first kappa shape index (κ1) is 18.6. The number of fused-ring (bicyclic) bond motifs is 1. The summed E-state index contributed by atoms with van der Waals surface area (Å²) in [5, 5.41) is 10.3. The van der Waals surface area contributed by atoms with Gasteiger partial charge in [0.25, 0.3) is 0 Å². The molecule has 0 spiro atoms. The maximum atomic E-state index is 11.5. The van der Waals surface area contributed by atoms with Crippen LogP contribution in [0.4, 0.5) is 0 Å². The molecule has 0 aliphatic carbocycles. The first-order valence-corrected chi connectivity index (χ1v) is 9.23. The summed E-state index contributed by atoms with van der Waals surface area (Å²) in [6.07, 6.45) is 1.95. The van der Waals surface area contributed by atoms with Crippen molar-refractivity contribution in [3.05, 3.63) is 95.2 Å². The van der Waals surface area contributed by atoms with E-state index in [9.17, 15) is 9.90 Å². The molecular weight excluding hydrogens is 366 g/mol. The molecule has 3 aromatic carbocycles. The monoisotopic (exact) mass is 387 g/mol. The topological polar surface area (TPSA) is 71.5 Å². The van der Waals surface area contributed by atoms with Crippen molar-refractivity contribution < 1.29 is 19.4 Å². The third kappa shape index (κ3) is 3.55. The number of methoxy groups -OCH3 is 2. The number of H-pyrrole nitrogens is 1. The zero-order chi connectivity index (χ0) is 20.4. The molecule has 0 saturated heterocycles. The predicted molar refractivity (Wildman–Crippen MR) is 112 cm³/mol. The Balaban J connectivity index is 1.90. The fraction of sp³-hybridized carbons (Fsp3) is 0.125. The van der Waals surface area contributed by atoms with Crippen molar-refractivity contribution in [2.75, 3.05) is 14.2 Å². The number of nitrogens with one attached hydrogen (secondary N) is 1. The number of aromatic amines is 1. The number of hydrogen-bond acceptors (Lipinski definition) is 3. The summed E-state index contributed by atoms with van der Waals surface area (Å²) in [4.78, 5) is 14.8. The molecule has 4 rings (SSSR count). The number of carboxylic acids is 1. The molecular formula is C24H21NO4. The van der Waals surface area contributed by atoms with Crippen LogP contribution in [0.25, 0.3) is 10.9 Å². The minimum Gasteiger partial charge on any atom is -0.497 e. The third-order valence-electron chi connectivity index (χ3n) is 5.17. The molecule has 0 fully saturated rings. The summed E-state index contributed by atoms with van der Waals surface area (Å²) in [5.41, 5.74) is 4.34. The van der Waals surface area contributed by atoms with Crippen molar-refractivity contribution in [2.45, 2.75) is 5.92 Å². The summed E-state index contributed by atoms with van der Waals surface area (Å²) < 4.78 is 10.6. The minimum absolute atomic E-state index is 0.0791. The molecule has 4 aromatic rings. The number of ether oxygens (including phenoxy) is 2. The molecule has 1 heterocycles. The normalized spacial score (nSPS) is 11.0. The molecule has 146 valence electrons. The van der Waals surface area contributed by atoms with Gasteiger partial charge in [0.05, 0.1) is 19.8 Å². The molecule has 0 aliphatic rings. The highest BCUT2D eigenvalue weighted by atomic mass is 16.5. The second-order valence-corrected chi connectivity index (χ2v) is 6.79. The Bertz CT molecular complexity index is 1100. The van der Waals surface area contributed by atoms with Gasteiger partial charge in [-0.15, -0.1) is 0 Å². The molecule has 0 atom stereocenters. The van der Waals surface area contributed by atoms with E-state index in [4.69, 9.17) is 9.47 Å². The number of aromatic carboxylic acids is 1. The van der Waals surface area contributed by atoms with Gasteiger partial charge in [-0.25, -0.2) is 4.79 Å². The fourth-order valence-corrected chi connectivity index (χ4v) is 3.66. The van der Waals surface area contributed by atoms with Crippen LogP contribution < -0.4 is 9.47 Å². The standard InChI is InChI=1S/C24H21NO4/c1-28-18-8-3-15(4-9-18)23(16-5-10-19(29-2)11-6-16)21-14-25-22-12-7-17(24(26)27)13-20(21)22/h3-14,23,25H,1-2H3,(H,26,27).